The average Bonchev–Trinajstić information content (AvgIpc) is 2.60. The van der Waals surface area contributed by atoms with Gasteiger partial charge in [-0.25, -0.2) is 13.1 Å². The lowest BCUT2D eigenvalue weighted by atomic mass is 9.98. The quantitative estimate of drug-likeness (QED) is 0.745. The van der Waals surface area contributed by atoms with Crippen LogP contribution in [-0.2, 0) is 10.0 Å². The van der Waals surface area contributed by atoms with Crippen LogP contribution in [0.2, 0.25) is 0 Å². The summed E-state index contributed by atoms with van der Waals surface area (Å²) in [5.74, 6) is 1.12. The van der Waals surface area contributed by atoms with Crippen molar-refractivity contribution in [3.8, 4) is 5.75 Å². The molecule has 136 valence electrons. The number of rotatable bonds is 8. The smallest absolute Gasteiger partial charge is 0.241 e. The van der Waals surface area contributed by atoms with Crippen LogP contribution in [0.1, 0.15) is 57.2 Å². The highest BCUT2D eigenvalue weighted by molar-refractivity contribution is 7.89. The normalized spacial score (nSPS) is 13.0. The summed E-state index contributed by atoms with van der Waals surface area (Å²) in [5, 5.41) is 0. The summed E-state index contributed by atoms with van der Waals surface area (Å²) in [6, 6.07) is 14.4. The minimum Gasteiger partial charge on any atom is -0.494 e. The summed E-state index contributed by atoms with van der Waals surface area (Å²) >= 11 is 0. The molecule has 2 aromatic rings. The van der Waals surface area contributed by atoms with Gasteiger partial charge in [0.1, 0.15) is 5.75 Å². The topological polar surface area (TPSA) is 55.4 Å². The van der Waals surface area contributed by atoms with Gasteiger partial charge in [0.25, 0.3) is 0 Å². The van der Waals surface area contributed by atoms with E-state index in [1.54, 1.807) is 24.3 Å². The van der Waals surface area contributed by atoms with E-state index in [-0.39, 0.29) is 10.9 Å². The Morgan fingerprint density at radius 2 is 1.48 bits per heavy atom. The summed E-state index contributed by atoms with van der Waals surface area (Å²) in [7, 11) is -3.58. The highest BCUT2D eigenvalue weighted by Crippen LogP contribution is 2.23. The molecule has 2 aromatic carbocycles. The Morgan fingerprint density at radius 3 is 1.96 bits per heavy atom. The fourth-order valence-electron chi connectivity index (χ4n) is 2.64. The van der Waals surface area contributed by atoms with Crippen molar-refractivity contribution in [3.05, 3.63) is 59.7 Å². The van der Waals surface area contributed by atoms with E-state index in [1.807, 2.05) is 26.0 Å². The van der Waals surface area contributed by atoms with E-state index in [9.17, 15) is 8.42 Å². The Labute approximate surface area is 151 Å². The number of hydrogen-bond donors (Lipinski definition) is 1. The van der Waals surface area contributed by atoms with Crippen LogP contribution in [0.4, 0.5) is 0 Å². The van der Waals surface area contributed by atoms with E-state index in [0.717, 1.165) is 5.56 Å². The molecule has 0 fully saturated rings. The number of ether oxygens (including phenoxy) is 1. The zero-order valence-corrected chi connectivity index (χ0v) is 16.1. The van der Waals surface area contributed by atoms with Crippen LogP contribution >= 0.6 is 0 Å². The molecule has 0 radical (unpaired) electrons. The van der Waals surface area contributed by atoms with E-state index in [4.69, 9.17) is 4.74 Å². The average molecular weight is 362 g/mol. The molecular weight excluding hydrogens is 334 g/mol. The van der Waals surface area contributed by atoms with Crippen molar-refractivity contribution in [1.29, 1.82) is 0 Å². The van der Waals surface area contributed by atoms with Gasteiger partial charge >= 0.3 is 0 Å². The van der Waals surface area contributed by atoms with Crippen molar-refractivity contribution in [1.82, 2.24) is 4.72 Å². The Balaban J connectivity index is 2.18. The molecule has 0 saturated carbocycles. The van der Waals surface area contributed by atoms with Gasteiger partial charge in [-0.2, -0.15) is 0 Å². The molecule has 0 aliphatic heterocycles. The molecule has 4 nitrogen and oxygen atoms in total. The third kappa shape index (κ3) is 5.06. The van der Waals surface area contributed by atoms with Crippen LogP contribution in [0.25, 0.3) is 0 Å². The largest absolute Gasteiger partial charge is 0.494 e. The molecule has 0 aliphatic carbocycles. The molecule has 1 unspecified atom stereocenters. The van der Waals surface area contributed by atoms with Gasteiger partial charge in [0.15, 0.2) is 0 Å². The zero-order chi connectivity index (χ0) is 18.4. The van der Waals surface area contributed by atoms with Gasteiger partial charge in [-0.05, 0) is 54.7 Å². The van der Waals surface area contributed by atoms with Crippen molar-refractivity contribution in [2.45, 2.75) is 51.0 Å². The van der Waals surface area contributed by atoms with Crippen molar-refractivity contribution in [3.63, 3.8) is 0 Å². The molecule has 0 aromatic heterocycles. The van der Waals surface area contributed by atoms with Crippen molar-refractivity contribution in [2.75, 3.05) is 6.61 Å². The SMILES string of the molecule is CCOc1ccc(S(=O)(=O)NC(CC)c2ccc(C(C)C)cc2)cc1. The second kappa shape index (κ2) is 8.50. The predicted molar refractivity (Wildman–Crippen MR) is 101 cm³/mol. The molecule has 2 rings (SSSR count). The second-order valence-corrected chi connectivity index (χ2v) is 8.02. The van der Waals surface area contributed by atoms with Crippen molar-refractivity contribution < 1.29 is 13.2 Å². The lowest BCUT2D eigenvalue weighted by Gasteiger charge is -2.18. The molecule has 25 heavy (non-hydrogen) atoms. The standard InChI is InChI=1S/C20H27NO3S/c1-5-20(17-9-7-16(8-10-17)15(3)4)21-25(22,23)19-13-11-18(12-14-19)24-6-2/h7-15,20-21H,5-6H2,1-4H3. The summed E-state index contributed by atoms with van der Waals surface area (Å²) in [4.78, 5) is 0.244. The first kappa shape index (κ1) is 19.5. The molecule has 1 N–H and O–H groups in total. The first-order valence-corrected chi connectivity index (χ1v) is 10.2. The van der Waals surface area contributed by atoms with E-state index in [1.165, 1.54) is 5.56 Å². The maximum Gasteiger partial charge on any atom is 0.241 e. The monoisotopic (exact) mass is 361 g/mol. The second-order valence-electron chi connectivity index (χ2n) is 6.31. The third-order valence-electron chi connectivity index (χ3n) is 4.16. The molecule has 0 amide bonds. The van der Waals surface area contributed by atoms with Gasteiger partial charge in [0.05, 0.1) is 11.5 Å². The van der Waals surface area contributed by atoms with Gasteiger partial charge in [-0.15, -0.1) is 0 Å². The minimum absolute atomic E-state index is 0.244. The summed E-state index contributed by atoms with van der Waals surface area (Å²) in [6.07, 6.45) is 0.678. The lowest BCUT2D eigenvalue weighted by molar-refractivity contribution is 0.340. The Morgan fingerprint density at radius 1 is 0.920 bits per heavy atom. The number of hydrogen-bond acceptors (Lipinski definition) is 3. The molecule has 0 saturated heterocycles. The minimum atomic E-state index is -3.58. The van der Waals surface area contributed by atoms with E-state index < -0.39 is 10.0 Å². The van der Waals surface area contributed by atoms with Crippen LogP contribution in [0.3, 0.4) is 0 Å². The van der Waals surface area contributed by atoms with E-state index in [0.29, 0.717) is 24.7 Å². The summed E-state index contributed by atoms with van der Waals surface area (Å²) < 4.78 is 33.5. The maximum atomic E-state index is 12.7. The van der Waals surface area contributed by atoms with Crippen LogP contribution < -0.4 is 9.46 Å². The van der Waals surface area contributed by atoms with Gasteiger partial charge in [0, 0.05) is 6.04 Å². The molecule has 5 heteroatoms. The predicted octanol–water partition coefficient (Wildman–Crippen LogP) is 4.64. The van der Waals surface area contributed by atoms with Crippen molar-refractivity contribution >= 4 is 10.0 Å². The van der Waals surface area contributed by atoms with E-state index in [2.05, 4.69) is 30.7 Å². The summed E-state index contributed by atoms with van der Waals surface area (Å²) in [6.45, 7) is 8.70. The van der Waals surface area contributed by atoms with Crippen LogP contribution in [0.5, 0.6) is 5.75 Å². The molecule has 1 atom stereocenters. The van der Waals surface area contributed by atoms with Gasteiger partial charge in [-0.3, -0.25) is 0 Å². The van der Waals surface area contributed by atoms with Crippen molar-refractivity contribution in [2.24, 2.45) is 0 Å². The van der Waals surface area contributed by atoms with Crippen LogP contribution in [0, 0.1) is 0 Å². The summed E-state index contributed by atoms with van der Waals surface area (Å²) in [5.41, 5.74) is 2.22. The number of sulfonamides is 1. The fraction of sp³-hybridized carbons (Fsp3) is 0.400. The lowest BCUT2D eigenvalue weighted by Crippen LogP contribution is -2.28. The Kier molecular flexibility index (Phi) is 6.62. The molecular formula is C20H27NO3S. The first-order chi connectivity index (χ1) is 11.9. The Hall–Kier alpha value is -1.85. The molecule has 0 aliphatic rings. The van der Waals surface area contributed by atoms with Gasteiger partial charge in [0.2, 0.25) is 10.0 Å². The fourth-order valence-corrected chi connectivity index (χ4v) is 3.95. The molecule has 0 spiro atoms. The first-order valence-electron chi connectivity index (χ1n) is 8.72. The third-order valence-corrected chi connectivity index (χ3v) is 5.64. The number of benzene rings is 2. The maximum absolute atomic E-state index is 12.7. The Bertz CT molecular complexity index is 766. The van der Waals surface area contributed by atoms with Gasteiger partial charge < -0.3 is 4.74 Å². The zero-order valence-electron chi connectivity index (χ0n) is 15.3. The molecule has 0 heterocycles. The van der Waals surface area contributed by atoms with Crippen LogP contribution in [0.15, 0.2) is 53.4 Å². The van der Waals surface area contributed by atoms with Gasteiger partial charge in [-0.1, -0.05) is 45.0 Å². The highest BCUT2D eigenvalue weighted by atomic mass is 32.2. The number of nitrogens with one attached hydrogen (secondary N) is 1. The van der Waals surface area contributed by atoms with Crippen LogP contribution in [-0.4, -0.2) is 15.0 Å². The molecule has 0 bridgehead atoms. The highest BCUT2D eigenvalue weighted by Gasteiger charge is 2.20. The van der Waals surface area contributed by atoms with E-state index >= 15 is 0 Å².